The number of hydrogen-bond donors (Lipinski definition) is 0. The third-order valence-electron chi connectivity index (χ3n) is 1.69. The summed E-state index contributed by atoms with van der Waals surface area (Å²) in [4.78, 5) is 0. The van der Waals surface area contributed by atoms with E-state index >= 15 is 0 Å². The van der Waals surface area contributed by atoms with Gasteiger partial charge in [-0.3, -0.25) is 0 Å². The molecular weight excluding hydrogens is 225 g/mol. The van der Waals surface area contributed by atoms with E-state index in [9.17, 15) is 0 Å². The van der Waals surface area contributed by atoms with Crippen LogP contribution in [0.5, 0.6) is 0 Å². The van der Waals surface area contributed by atoms with Gasteiger partial charge in [0.2, 0.25) is 0 Å². The van der Waals surface area contributed by atoms with Gasteiger partial charge in [0.15, 0.2) is 0 Å². The van der Waals surface area contributed by atoms with Gasteiger partial charge in [0, 0.05) is 38.4 Å². The molecule has 0 atom stereocenters. The Kier molecular flexibility index (Phi) is 3.30. The molecule has 0 aliphatic rings. The van der Waals surface area contributed by atoms with Gasteiger partial charge < -0.3 is 0 Å². The summed E-state index contributed by atoms with van der Waals surface area (Å²) in [6, 6.07) is 7.97. The van der Waals surface area contributed by atoms with Crippen molar-refractivity contribution in [1.29, 1.82) is 0 Å². The Balaban J connectivity index is 0.000000720. The maximum atomic E-state index is 3.90. The molecule has 3 heteroatoms. The second-order valence-corrected chi connectivity index (χ2v) is 2.44. The van der Waals surface area contributed by atoms with Gasteiger partial charge in [-0.15, -0.1) is 17.5 Å². The van der Waals surface area contributed by atoms with Gasteiger partial charge in [0.05, 0.1) is 0 Å². The van der Waals surface area contributed by atoms with Crippen molar-refractivity contribution in [2.24, 2.45) is 0 Å². The van der Waals surface area contributed by atoms with Crippen LogP contribution in [0.3, 0.4) is 0 Å². The smallest absolute Gasteiger partial charge is 0.0117 e. The number of rotatable bonds is 0. The summed E-state index contributed by atoms with van der Waals surface area (Å²) in [6.45, 7) is 1.95. The summed E-state index contributed by atoms with van der Waals surface area (Å²) >= 11 is 0. The Hall–Kier alpha value is -0.336. The molecule has 0 unspecified atom stereocenters. The van der Waals surface area contributed by atoms with Gasteiger partial charge in [-0.2, -0.15) is 16.6 Å². The van der Waals surface area contributed by atoms with E-state index in [1.165, 1.54) is 0 Å². The van der Waals surface area contributed by atoms with Crippen molar-refractivity contribution >= 4 is 10.8 Å². The Labute approximate surface area is 96.3 Å². The zero-order chi connectivity index (χ0) is 7.68. The van der Waals surface area contributed by atoms with E-state index in [0.29, 0.717) is 0 Å². The summed E-state index contributed by atoms with van der Waals surface area (Å²) in [5.74, 6) is 0. The summed E-state index contributed by atoms with van der Waals surface area (Å²) in [6.07, 6.45) is 2.83. The molecule has 2 aromatic rings. The van der Waals surface area contributed by atoms with E-state index in [2.05, 4.69) is 16.4 Å². The van der Waals surface area contributed by atoms with E-state index in [-0.39, 0.29) is 32.7 Å². The fourth-order valence-corrected chi connectivity index (χ4v) is 1.10. The molecule has 0 aliphatic heterocycles. The van der Waals surface area contributed by atoms with Crippen molar-refractivity contribution in [3.05, 3.63) is 36.2 Å². The van der Waals surface area contributed by atoms with Gasteiger partial charge in [-0.25, -0.2) is 5.10 Å². The van der Waals surface area contributed by atoms with Crippen molar-refractivity contribution in [3.8, 4) is 0 Å². The molecule has 12 heavy (non-hydrogen) atoms. The van der Waals surface area contributed by atoms with Crippen LogP contribution in [0.25, 0.3) is 10.8 Å². The molecule has 0 saturated heterocycles. The van der Waals surface area contributed by atoms with Crippen LogP contribution in [-0.4, -0.2) is 10.2 Å². The van der Waals surface area contributed by atoms with E-state index < -0.39 is 0 Å². The van der Waals surface area contributed by atoms with Gasteiger partial charge in [-0.1, -0.05) is 6.07 Å². The first-order valence-electron chi connectivity index (χ1n) is 3.47. The zero-order valence-electron chi connectivity index (χ0n) is 6.78. The molecule has 0 fully saturated rings. The van der Waals surface area contributed by atoms with Gasteiger partial charge in [-0.05, 0) is 13.1 Å². The molecule has 0 saturated carbocycles. The van der Waals surface area contributed by atoms with Crippen LogP contribution in [0.1, 0.15) is 5.69 Å². The number of fused-ring (bicyclic) bond motifs is 1. The first-order valence-corrected chi connectivity index (χ1v) is 3.47. The van der Waals surface area contributed by atoms with Crippen molar-refractivity contribution in [1.82, 2.24) is 10.2 Å². The molecule has 1 aromatic heterocycles. The number of aryl methyl sites for hydroxylation is 1. The Morgan fingerprint density at radius 1 is 1.25 bits per heavy atom. The first kappa shape index (κ1) is 9.75. The minimum atomic E-state index is 0. The molecule has 1 heterocycles. The second kappa shape index (κ2) is 4.06. The van der Waals surface area contributed by atoms with Crippen LogP contribution in [0.15, 0.2) is 24.3 Å². The Morgan fingerprint density at radius 2 is 2.00 bits per heavy atom. The predicted molar refractivity (Wildman–Crippen MR) is 43.1 cm³/mol. The van der Waals surface area contributed by atoms with Crippen molar-refractivity contribution in [2.45, 2.75) is 6.92 Å². The summed E-state index contributed by atoms with van der Waals surface area (Å²) in [5.41, 5.74) is 0.958. The van der Waals surface area contributed by atoms with Crippen LogP contribution >= 0.6 is 0 Å². The number of benzene rings is 1. The zero-order valence-corrected chi connectivity index (χ0v) is 9.62. The van der Waals surface area contributed by atoms with Crippen LogP contribution in [0.2, 0.25) is 0 Å². The van der Waals surface area contributed by atoms with Crippen molar-refractivity contribution < 1.29 is 32.7 Å². The van der Waals surface area contributed by atoms with E-state index in [1.807, 2.05) is 31.2 Å². The molecule has 0 bridgehead atoms. The molecule has 0 spiro atoms. The molecule has 2 nitrogen and oxygen atoms in total. The minimum absolute atomic E-state index is 0. The van der Waals surface area contributed by atoms with Crippen molar-refractivity contribution in [3.63, 3.8) is 0 Å². The first-order chi connectivity index (χ1) is 5.38. The monoisotopic (exact) mass is 232 g/mol. The molecule has 0 N–H and O–H groups in total. The Bertz CT molecular complexity index is 382. The summed E-state index contributed by atoms with van der Waals surface area (Å²) in [7, 11) is 0. The van der Waals surface area contributed by atoms with E-state index in [4.69, 9.17) is 0 Å². The van der Waals surface area contributed by atoms with E-state index in [0.717, 1.165) is 16.5 Å². The molecule has 1 aromatic carbocycles. The maximum Gasteiger partial charge on any atom is 0.0117 e. The van der Waals surface area contributed by atoms with Gasteiger partial charge in [0.25, 0.3) is 0 Å². The van der Waals surface area contributed by atoms with Gasteiger partial charge in [0.1, 0.15) is 0 Å². The summed E-state index contributed by atoms with van der Waals surface area (Å²) < 4.78 is 0. The number of nitrogens with zero attached hydrogens (tertiary/aromatic N) is 2. The molecule has 0 aliphatic carbocycles. The van der Waals surface area contributed by atoms with Crippen LogP contribution < -0.4 is 0 Å². The maximum absolute atomic E-state index is 3.90. The van der Waals surface area contributed by atoms with E-state index in [1.54, 1.807) is 0 Å². The van der Waals surface area contributed by atoms with Crippen LogP contribution in [0.4, 0.5) is 0 Å². The molecule has 1 radical (unpaired) electrons. The second-order valence-electron chi connectivity index (χ2n) is 2.44. The summed E-state index contributed by atoms with van der Waals surface area (Å²) in [5, 5.41) is 9.79. The van der Waals surface area contributed by atoms with Crippen LogP contribution in [-0.2, 0) is 32.7 Å². The normalized spacial score (nSPS) is 9.42. The largest absolute Gasteiger partial charge is 0.229 e. The Morgan fingerprint density at radius 3 is 2.75 bits per heavy atom. The number of aromatic nitrogens is 2. The van der Waals surface area contributed by atoms with Gasteiger partial charge >= 0.3 is 0 Å². The average Bonchev–Trinajstić information content (AvgIpc) is 2.06. The molecule has 0 amide bonds. The SMILES string of the molecule is Cc1nn[c-]c2ccccc12.[Y]. The standard InChI is InChI=1S/C9H7N2.Y/c1-7-9-5-3-2-4-8(9)6-10-11-7;/h2-5H,1H3;/q-1;. The fourth-order valence-electron chi connectivity index (χ4n) is 1.10. The molecule has 2 rings (SSSR count). The van der Waals surface area contributed by atoms with Crippen LogP contribution in [0, 0.1) is 13.1 Å². The molecular formula is C9H7N2Y-. The quantitative estimate of drug-likeness (QED) is 0.646. The average molecular weight is 232 g/mol. The number of hydrogen-bond acceptors (Lipinski definition) is 2. The fraction of sp³-hybridized carbons (Fsp3) is 0.111. The third kappa shape index (κ3) is 1.70. The van der Waals surface area contributed by atoms with Crippen molar-refractivity contribution in [2.75, 3.05) is 0 Å². The minimum Gasteiger partial charge on any atom is -0.229 e. The third-order valence-corrected chi connectivity index (χ3v) is 1.69. The predicted octanol–water partition coefficient (Wildman–Crippen LogP) is 1.74. The topological polar surface area (TPSA) is 25.8 Å². The molecule has 57 valence electrons.